The summed E-state index contributed by atoms with van der Waals surface area (Å²) in [4.78, 5) is 79.5. The molecule has 3 heterocycles. The van der Waals surface area contributed by atoms with E-state index in [1.54, 1.807) is 18.7 Å². The summed E-state index contributed by atoms with van der Waals surface area (Å²) >= 11 is 12.9. The van der Waals surface area contributed by atoms with Crippen molar-refractivity contribution in [2.75, 3.05) is 18.1 Å². The van der Waals surface area contributed by atoms with Crippen LogP contribution in [0.25, 0.3) is 11.0 Å². The van der Waals surface area contributed by atoms with E-state index in [4.69, 9.17) is 66.1 Å². The first-order valence-corrected chi connectivity index (χ1v) is 16.6. The number of benzene rings is 1. The predicted octanol–water partition coefficient (Wildman–Crippen LogP) is 3.03. The van der Waals surface area contributed by atoms with Crippen LogP contribution in [0.3, 0.4) is 0 Å². The first-order chi connectivity index (χ1) is 23.9. The Morgan fingerprint density at radius 2 is 1.16 bits per heavy atom. The van der Waals surface area contributed by atoms with Gasteiger partial charge in [0.1, 0.15) is 25.4 Å². The first-order valence-electron chi connectivity index (χ1n) is 15.8. The van der Waals surface area contributed by atoms with E-state index in [2.05, 4.69) is 0 Å². The molecule has 2 aliphatic rings. The van der Waals surface area contributed by atoms with Gasteiger partial charge in [-0.25, -0.2) is 4.98 Å². The summed E-state index contributed by atoms with van der Waals surface area (Å²) < 4.78 is 47.2. The molecule has 8 atom stereocenters. The third-order valence-electron chi connectivity index (χ3n) is 7.71. The SMILES string of the molecule is CC(=O)OC[C@@H]1O[C@H](N(c2nc3cc(Cl)c(Cl)cc3n2[C@H]2O[C@@H](COC(C)=O)[C@H](OC(C)=O)[C@@H]2OC(C)=O)C(C)C)[C@@H](OC(C)=O)[C@H]1OC(C)=O. The molecule has 0 amide bonds. The topological polar surface area (TPSA) is 197 Å². The summed E-state index contributed by atoms with van der Waals surface area (Å²) in [6.07, 6.45) is -9.97. The van der Waals surface area contributed by atoms with Crippen LogP contribution in [0.4, 0.5) is 5.95 Å². The van der Waals surface area contributed by atoms with Gasteiger partial charge in [0, 0.05) is 47.6 Å². The van der Waals surface area contributed by atoms with Gasteiger partial charge in [0.25, 0.3) is 0 Å². The quantitative estimate of drug-likeness (QED) is 0.226. The highest BCUT2D eigenvalue weighted by Crippen LogP contribution is 2.43. The van der Waals surface area contributed by atoms with Crippen LogP contribution in [0.1, 0.15) is 61.6 Å². The highest BCUT2D eigenvalue weighted by molar-refractivity contribution is 6.42. The van der Waals surface area contributed by atoms with Gasteiger partial charge in [0.2, 0.25) is 5.95 Å². The van der Waals surface area contributed by atoms with Crippen LogP contribution in [-0.2, 0) is 66.7 Å². The van der Waals surface area contributed by atoms with Crippen molar-refractivity contribution in [1.29, 1.82) is 0 Å². The van der Waals surface area contributed by atoms with Crippen molar-refractivity contribution in [3.63, 3.8) is 0 Å². The third kappa shape index (κ3) is 9.19. The van der Waals surface area contributed by atoms with Crippen molar-refractivity contribution in [2.45, 2.75) is 111 Å². The first kappa shape index (κ1) is 39.6. The van der Waals surface area contributed by atoms with E-state index in [0.29, 0.717) is 5.52 Å². The fraction of sp³-hybridized carbons (Fsp3) is 0.594. The smallest absolute Gasteiger partial charge is 0.303 e. The number of imidazole rings is 1. The van der Waals surface area contributed by atoms with Crippen LogP contribution in [0.5, 0.6) is 0 Å². The molecule has 19 heteroatoms. The molecule has 0 bridgehead atoms. The minimum atomic E-state index is -1.34. The fourth-order valence-corrected chi connectivity index (χ4v) is 6.28. The summed E-state index contributed by atoms with van der Waals surface area (Å²) in [5.41, 5.74) is 0.578. The molecule has 2 aromatic rings. The van der Waals surface area contributed by atoms with E-state index in [9.17, 15) is 28.8 Å². The zero-order valence-electron chi connectivity index (χ0n) is 29.1. The maximum Gasteiger partial charge on any atom is 0.303 e. The van der Waals surface area contributed by atoms with E-state index < -0.39 is 90.9 Å². The molecule has 2 aliphatic heterocycles. The molecule has 1 aromatic heterocycles. The van der Waals surface area contributed by atoms with Crippen molar-refractivity contribution in [1.82, 2.24) is 9.55 Å². The second-order valence-electron chi connectivity index (χ2n) is 12.1. The van der Waals surface area contributed by atoms with E-state index >= 15 is 0 Å². The molecule has 1 aromatic carbocycles. The van der Waals surface area contributed by atoms with Crippen LogP contribution in [0.15, 0.2) is 12.1 Å². The summed E-state index contributed by atoms with van der Waals surface area (Å²) in [7, 11) is 0. The van der Waals surface area contributed by atoms with Gasteiger partial charge >= 0.3 is 35.8 Å². The van der Waals surface area contributed by atoms with Gasteiger partial charge in [-0.3, -0.25) is 33.3 Å². The number of ether oxygens (including phenoxy) is 8. The Bertz CT molecular complexity index is 1680. The van der Waals surface area contributed by atoms with E-state index in [1.165, 1.54) is 30.5 Å². The van der Waals surface area contributed by atoms with Gasteiger partial charge in [-0.2, -0.15) is 0 Å². The minimum absolute atomic E-state index is 0.0621. The predicted molar refractivity (Wildman–Crippen MR) is 175 cm³/mol. The number of esters is 6. The average Bonchev–Trinajstić information content (AvgIpc) is 3.62. The van der Waals surface area contributed by atoms with Gasteiger partial charge in [-0.15, -0.1) is 0 Å². The molecule has 0 N–H and O–H groups in total. The van der Waals surface area contributed by atoms with Gasteiger partial charge in [0.05, 0.1) is 21.1 Å². The zero-order chi connectivity index (χ0) is 37.9. The number of nitrogens with zero attached hydrogens (tertiary/aromatic N) is 3. The van der Waals surface area contributed by atoms with Gasteiger partial charge in [-0.1, -0.05) is 23.2 Å². The number of rotatable bonds is 12. The number of halogens is 2. The standard InChI is InChI=1S/C32H39Cl2N3O14/c1-13(2)36(30-28(48-18(7)42)26(46-16(5)40)24(50-30)11-44-14(3)38)32-35-22-9-20(33)21(34)10-23(22)37(32)31-29(49-19(8)43)27(47-17(6)41)25(51-31)12-45-15(4)39/h9-10,13,24-31H,11-12H2,1-8H3/t24-,25-,26-,27-,28-,29-,30-,31-/m0/s1. The largest absolute Gasteiger partial charge is 0.463 e. The number of hydrogen-bond donors (Lipinski definition) is 0. The number of fused-ring (bicyclic) bond motifs is 1. The molecule has 2 saturated heterocycles. The van der Waals surface area contributed by atoms with Crippen molar-refractivity contribution in [2.24, 2.45) is 0 Å². The number of carbonyl (C=O) groups excluding carboxylic acids is 6. The van der Waals surface area contributed by atoms with Crippen LogP contribution >= 0.6 is 23.2 Å². The molecular formula is C32H39Cl2N3O14. The van der Waals surface area contributed by atoms with Crippen molar-refractivity contribution < 1.29 is 66.7 Å². The Balaban J connectivity index is 1.97. The van der Waals surface area contributed by atoms with Gasteiger partial charge in [0.15, 0.2) is 36.9 Å². The summed E-state index contributed by atoms with van der Waals surface area (Å²) in [5.74, 6) is -4.16. The molecule has 280 valence electrons. The lowest BCUT2D eigenvalue weighted by Gasteiger charge is -2.37. The maximum absolute atomic E-state index is 12.5. The monoisotopic (exact) mass is 759 g/mol. The second kappa shape index (κ2) is 16.4. The molecule has 0 aliphatic carbocycles. The Hall–Kier alpha value is -4.19. The van der Waals surface area contributed by atoms with Gasteiger partial charge in [-0.05, 0) is 26.0 Å². The van der Waals surface area contributed by atoms with E-state index in [0.717, 1.165) is 27.7 Å². The van der Waals surface area contributed by atoms with Crippen LogP contribution in [0, 0.1) is 0 Å². The Morgan fingerprint density at radius 1 is 0.706 bits per heavy atom. The van der Waals surface area contributed by atoms with Crippen molar-refractivity contribution in [3.05, 3.63) is 22.2 Å². The Morgan fingerprint density at radius 3 is 1.65 bits per heavy atom. The molecule has 51 heavy (non-hydrogen) atoms. The minimum Gasteiger partial charge on any atom is -0.463 e. The maximum atomic E-state index is 12.5. The summed E-state index contributed by atoms with van der Waals surface area (Å²) in [6.45, 7) is 9.78. The summed E-state index contributed by atoms with van der Waals surface area (Å²) in [6, 6.07) is 2.43. The number of aromatic nitrogens is 2. The zero-order valence-corrected chi connectivity index (χ0v) is 30.6. The second-order valence-corrected chi connectivity index (χ2v) is 12.9. The molecule has 2 fully saturated rings. The Kier molecular flexibility index (Phi) is 12.8. The summed E-state index contributed by atoms with van der Waals surface area (Å²) in [5, 5.41) is 0.270. The average molecular weight is 761 g/mol. The van der Waals surface area contributed by atoms with Crippen LogP contribution in [-0.4, -0.2) is 107 Å². The van der Waals surface area contributed by atoms with E-state index in [1.807, 2.05) is 0 Å². The highest BCUT2D eigenvalue weighted by Gasteiger charge is 2.55. The van der Waals surface area contributed by atoms with Crippen molar-refractivity contribution in [3.8, 4) is 0 Å². The molecule has 0 saturated carbocycles. The lowest BCUT2D eigenvalue weighted by molar-refractivity contribution is -0.166. The molecule has 0 unspecified atom stereocenters. The fourth-order valence-electron chi connectivity index (χ4n) is 5.97. The van der Waals surface area contributed by atoms with Crippen LogP contribution in [0.2, 0.25) is 10.0 Å². The lowest BCUT2D eigenvalue weighted by atomic mass is 10.1. The third-order valence-corrected chi connectivity index (χ3v) is 8.43. The van der Waals surface area contributed by atoms with Gasteiger partial charge < -0.3 is 42.8 Å². The molecule has 4 rings (SSSR count). The molecule has 0 spiro atoms. The van der Waals surface area contributed by atoms with Crippen molar-refractivity contribution >= 4 is 76.0 Å². The number of hydrogen-bond acceptors (Lipinski definition) is 16. The lowest BCUT2D eigenvalue weighted by Crippen LogP contribution is -2.51. The molecule has 0 radical (unpaired) electrons. The Labute approximate surface area is 302 Å². The highest BCUT2D eigenvalue weighted by atomic mass is 35.5. The normalized spacial score (nSPS) is 25.7. The number of carbonyl (C=O) groups is 6. The molecular weight excluding hydrogens is 721 g/mol. The number of anilines is 1. The molecule has 17 nitrogen and oxygen atoms in total. The van der Waals surface area contributed by atoms with E-state index in [-0.39, 0.29) is 34.7 Å². The van der Waals surface area contributed by atoms with Crippen LogP contribution < -0.4 is 4.90 Å².